The van der Waals surface area contributed by atoms with Crippen LogP contribution in [0.5, 0.6) is 0 Å². The van der Waals surface area contributed by atoms with E-state index in [1.54, 1.807) is 0 Å². The third kappa shape index (κ3) is 0.734. The molecule has 0 spiro atoms. The lowest BCUT2D eigenvalue weighted by Crippen LogP contribution is -1.74. The molecule has 0 aliphatic heterocycles. The smallest absolute Gasteiger partial charge is 0.100 e. The van der Waals surface area contributed by atoms with Crippen LogP contribution in [0.4, 0.5) is 0 Å². The Morgan fingerprint density at radius 3 is 2.73 bits per heavy atom. The molecule has 2 nitrogen and oxygen atoms in total. The van der Waals surface area contributed by atoms with Gasteiger partial charge < -0.3 is 0 Å². The van der Waals surface area contributed by atoms with E-state index in [2.05, 4.69) is 51.8 Å². The minimum Gasteiger partial charge on any atom is -0.298 e. The highest BCUT2D eigenvalue weighted by Crippen LogP contribution is 2.30. The lowest BCUT2D eigenvalue weighted by Gasteiger charge is -1.89. The standard InChI is InChI=1S/C13H8N2/c1-2-7-12-9(4-1)10-5-3-6-11-13(10)15(12)8-14-11/h1-8H. The van der Waals surface area contributed by atoms with Gasteiger partial charge in [-0.2, -0.15) is 0 Å². The molecule has 0 unspecified atom stereocenters. The second-order valence-electron chi connectivity index (χ2n) is 3.81. The minimum atomic E-state index is 1.07. The fraction of sp³-hybridized carbons (Fsp3) is 0. The average Bonchev–Trinajstić information content (AvgIpc) is 2.85. The third-order valence-electron chi connectivity index (χ3n) is 3.02. The van der Waals surface area contributed by atoms with E-state index in [4.69, 9.17) is 0 Å². The highest BCUT2D eigenvalue weighted by atomic mass is 15.0. The molecule has 2 heterocycles. The summed E-state index contributed by atoms with van der Waals surface area (Å²) >= 11 is 0. The number of nitrogens with zero attached hydrogens (tertiary/aromatic N) is 2. The van der Waals surface area contributed by atoms with Crippen LogP contribution in [0, 0.1) is 0 Å². The molecule has 0 atom stereocenters. The van der Waals surface area contributed by atoms with Gasteiger partial charge in [0, 0.05) is 10.8 Å². The van der Waals surface area contributed by atoms with Crippen molar-refractivity contribution < 1.29 is 0 Å². The highest BCUT2D eigenvalue weighted by molar-refractivity contribution is 6.13. The molecule has 2 heteroatoms. The Morgan fingerprint density at radius 2 is 1.73 bits per heavy atom. The van der Waals surface area contributed by atoms with Crippen LogP contribution in [-0.4, -0.2) is 9.38 Å². The van der Waals surface area contributed by atoms with Crippen LogP contribution in [-0.2, 0) is 0 Å². The van der Waals surface area contributed by atoms with Crippen molar-refractivity contribution in [2.45, 2.75) is 0 Å². The molecule has 2 aromatic carbocycles. The molecule has 0 N–H and O–H groups in total. The summed E-state index contributed by atoms with van der Waals surface area (Å²) in [6.45, 7) is 0. The summed E-state index contributed by atoms with van der Waals surface area (Å²) in [5, 5.41) is 2.60. The summed E-state index contributed by atoms with van der Waals surface area (Å²) in [6.07, 6.45) is 1.90. The van der Waals surface area contributed by atoms with Crippen molar-refractivity contribution in [1.82, 2.24) is 9.38 Å². The normalized spacial score (nSPS) is 12.0. The van der Waals surface area contributed by atoms with Crippen LogP contribution in [0.15, 0.2) is 48.8 Å². The van der Waals surface area contributed by atoms with E-state index >= 15 is 0 Å². The van der Waals surface area contributed by atoms with Crippen molar-refractivity contribution in [1.29, 1.82) is 0 Å². The van der Waals surface area contributed by atoms with Gasteiger partial charge in [0.15, 0.2) is 0 Å². The molecule has 70 valence electrons. The molecule has 0 saturated carbocycles. The lowest BCUT2D eigenvalue weighted by molar-refractivity contribution is 1.23. The topological polar surface area (TPSA) is 17.3 Å². The predicted molar refractivity (Wildman–Crippen MR) is 61.4 cm³/mol. The molecular weight excluding hydrogens is 184 g/mol. The van der Waals surface area contributed by atoms with Crippen LogP contribution in [0.25, 0.3) is 27.3 Å². The van der Waals surface area contributed by atoms with E-state index < -0.39 is 0 Å². The third-order valence-corrected chi connectivity index (χ3v) is 3.02. The van der Waals surface area contributed by atoms with Crippen LogP contribution in [0.3, 0.4) is 0 Å². The van der Waals surface area contributed by atoms with Gasteiger partial charge in [0.1, 0.15) is 6.33 Å². The van der Waals surface area contributed by atoms with Crippen molar-refractivity contribution in [3.8, 4) is 0 Å². The number of hydrogen-bond donors (Lipinski definition) is 0. The molecule has 0 aliphatic rings. The number of para-hydroxylation sites is 2. The molecule has 15 heavy (non-hydrogen) atoms. The van der Waals surface area contributed by atoms with Gasteiger partial charge in [0.05, 0.1) is 16.6 Å². The summed E-state index contributed by atoms with van der Waals surface area (Å²) in [4.78, 5) is 4.39. The molecule has 0 bridgehead atoms. The minimum absolute atomic E-state index is 1.07. The summed E-state index contributed by atoms with van der Waals surface area (Å²) in [5.74, 6) is 0. The Balaban J connectivity index is 2.53. The molecule has 0 amide bonds. The second-order valence-corrected chi connectivity index (χ2v) is 3.81. The van der Waals surface area contributed by atoms with Crippen molar-refractivity contribution >= 4 is 27.3 Å². The number of fused-ring (bicyclic) bond motifs is 3. The van der Waals surface area contributed by atoms with E-state index in [1.807, 2.05) is 6.33 Å². The molecule has 0 aliphatic carbocycles. The molecule has 4 rings (SSSR count). The van der Waals surface area contributed by atoms with Gasteiger partial charge in [0.25, 0.3) is 0 Å². The van der Waals surface area contributed by atoms with Gasteiger partial charge in [-0.3, -0.25) is 4.40 Å². The van der Waals surface area contributed by atoms with Gasteiger partial charge in [-0.15, -0.1) is 0 Å². The van der Waals surface area contributed by atoms with E-state index in [0.29, 0.717) is 0 Å². The van der Waals surface area contributed by atoms with Crippen molar-refractivity contribution in [3.05, 3.63) is 48.8 Å². The summed E-state index contributed by atoms with van der Waals surface area (Å²) in [7, 11) is 0. The van der Waals surface area contributed by atoms with Gasteiger partial charge in [-0.05, 0) is 12.1 Å². The number of benzene rings is 2. The molecule has 0 radical (unpaired) electrons. The van der Waals surface area contributed by atoms with Crippen molar-refractivity contribution in [2.75, 3.05) is 0 Å². The fourth-order valence-electron chi connectivity index (χ4n) is 2.38. The van der Waals surface area contributed by atoms with Crippen LogP contribution in [0.2, 0.25) is 0 Å². The van der Waals surface area contributed by atoms with Gasteiger partial charge in [-0.1, -0.05) is 30.3 Å². The maximum atomic E-state index is 4.39. The quantitative estimate of drug-likeness (QED) is 0.418. The predicted octanol–water partition coefficient (Wildman–Crippen LogP) is 3.08. The van der Waals surface area contributed by atoms with Gasteiger partial charge in [0.2, 0.25) is 0 Å². The highest BCUT2D eigenvalue weighted by Gasteiger charge is 2.10. The average molecular weight is 192 g/mol. The first-order valence-electron chi connectivity index (χ1n) is 5.01. The lowest BCUT2D eigenvalue weighted by atomic mass is 10.1. The van der Waals surface area contributed by atoms with E-state index in [-0.39, 0.29) is 0 Å². The zero-order chi connectivity index (χ0) is 9.83. The Labute approximate surface area is 86.1 Å². The maximum Gasteiger partial charge on any atom is 0.100 e. The molecule has 4 aromatic rings. The zero-order valence-corrected chi connectivity index (χ0v) is 8.01. The Morgan fingerprint density at radius 1 is 0.867 bits per heavy atom. The summed E-state index contributed by atoms with van der Waals surface area (Å²) in [5.41, 5.74) is 3.55. The number of hydrogen-bond acceptors (Lipinski definition) is 1. The Kier molecular flexibility index (Phi) is 1.10. The van der Waals surface area contributed by atoms with Gasteiger partial charge in [-0.25, -0.2) is 4.98 Å². The SMILES string of the molecule is c1ccc2c(c1)c1cccc3ncn2c31. The largest absolute Gasteiger partial charge is 0.298 e. The maximum absolute atomic E-state index is 4.39. The number of rotatable bonds is 0. The molecule has 0 fully saturated rings. The van der Waals surface area contributed by atoms with E-state index in [9.17, 15) is 0 Å². The fourth-order valence-corrected chi connectivity index (χ4v) is 2.38. The second kappa shape index (κ2) is 2.28. The van der Waals surface area contributed by atoms with Crippen LogP contribution >= 0.6 is 0 Å². The monoisotopic (exact) mass is 192 g/mol. The zero-order valence-electron chi connectivity index (χ0n) is 8.01. The number of imidazole rings is 1. The first-order chi connectivity index (χ1) is 7.45. The van der Waals surface area contributed by atoms with Gasteiger partial charge >= 0.3 is 0 Å². The summed E-state index contributed by atoms with van der Waals surface area (Å²) < 4.78 is 2.17. The number of aromatic nitrogens is 2. The van der Waals surface area contributed by atoms with Crippen molar-refractivity contribution in [3.63, 3.8) is 0 Å². The Bertz CT molecular complexity index is 745. The van der Waals surface area contributed by atoms with Crippen molar-refractivity contribution in [2.24, 2.45) is 0 Å². The molecule has 2 aromatic heterocycles. The van der Waals surface area contributed by atoms with E-state index in [0.717, 1.165) is 5.52 Å². The van der Waals surface area contributed by atoms with Crippen LogP contribution in [0.1, 0.15) is 0 Å². The van der Waals surface area contributed by atoms with Crippen LogP contribution < -0.4 is 0 Å². The molecular formula is C13H8N2. The van der Waals surface area contributed by atoms with E-state index in [1.165, 1.54) is 21.8 Å². The first kappa shape index (κ1) is 7.23. The summed E-state index contributed by atoms with van der Waals surface area (Å²) in [6, 6.07) is 14.7. The Hall–Kier alpha value is -2.09. The first-order valence-corrected chi connectivity index (χ1v) is 5.01. The molecule has 0 saturated heterocycles.